The van der Waals surface area contributed by atoms with Crippen LogP contribution < -0.4 is 5.73 Å². The Bertz CT molecular complexity index is 324. The number of methoxy groups -OCH3 is 1. The summed E-state index contributed by atoms with van der Waals surface area (Å²) in [5.41, 5.74) is 6.11. The van der Waals surface area contributed by atoms with Crippen LogP contribution in [0, 0.1) is 5.82 Å². The molecule has 15 heavy (non-hydrogen) atoms. The summed E-state index contributed by atoms with van der Waals surface area (Å²) in [6.45, 7) is 0.340. The zero-order valence-corrected chi connectivity index (χ0v) is 8.57. The Morgan fingerprint density at radius 2 is 2.07 bits per heavy atom. The number of nitrogens with two attached hydrogens (primary N) is 1. The number of halogens is 1. The van der Waals surface area contributed by atoms with E-state index < -0.39 is 0 Å². The molecule has 4 heteroatoms. The van der Waals surface area contributed by atoms with E-state index in [1.54, 1.807) is 0 Å². The molecule has 82 valence electrons. The summed E-state index contributed by atoms with van der Waals surface area (Å²) in [5.74, 6) is -0.452. The topological polar surface area (TPSA) is 52.3 Å². The molecule has 0 bridgehead atoms. The summed E-state index contributed by atoms with van der Waals surface area (Å²) in [6, 6.07) is 5.12. The lowest BCUT2D eigenvalue weighted by Gasteiger charge is -2.08. The molecule has 1 aromatic rings. The number of carbonyl (C=O) groups excluding carboxylic acids is 1. The van der Waals surface area contributed by atoms with Gasteiger partial charge < -0.3 is 10.5 Å². The molecular weight excluding hydrogens is 197 g/mol. The van der Waals surface area contributed by atoms with Crippen molar-refractivity contribution in [1.82, 2.24) is 0 Å². The van der Waals surface area contributed by atoms with Crippen LogP contribution in [0.5, 0.6) is 0 Å². The second-order valence-electron chi connectivity index (χ2n) is 3.35. The van der Waals surface area contributed by atoms with Gasteiger partial charge in [0.15, 0.2) is 5.78 Å². The normalized spacial score (nSPS) is 12.5. The van der Waals surface area contributed by atoms with Crippen LogP contribution in [0.2, 0.25) is 0 Å². The van der Waals surface area contributed by atoms with Crippen molar-refractivity contribution in [2.75, 3.05) is 13.7 Å². The fourth-order valence-electron chi connectivity index (χ4n) is 1.26. The van der Waals surface area contributed by atoms with Crippen LogP contribution >= 0.6 is 0 Å². The smallest absolute Gasteiger partial charge is 0.164 e. The summed E-state index contributed by atoms with van der Waals surface area (Å²) < 4.78 is 17.4. The Morgan fingerprint density at radius 3 is 2.60 bits per heavy atom. The van der Waals surface area contributed by atoms with Gasteiger partial charge in [-0.3, -0.25) is 4.79 Å². The molecule has 0 aliphatic carbocycles. The minimum absolute atomic E-state index is 0.0976. The average Bonchev–Trinajstić information content (AvgIpc) is 2.18. The number of Topliss-reactive ketones (excluding diaryl/α,β-unsaturated/α-hetero) is 1. The maximum atomic E-state index is 12.6. The molecule has 0 heterocycles. The molecule has 0 spiro atoms. The predicted octanol–water partition coefficient (Wildman–Crippen LogP) is 1.37. The Morgan fingerprint density at radius 1 is 1.47 bits per heavy atom. The summed E-state index contributed by atoms with van der Waals surface area (Å²) in [7, 11) is 1.53. The van der Waals surface area contributed by atoms with Gasteiger partial charge in [0.2, 0.25) is 0 Å². The molecule has 2 N–H and O–H groups in total. The first kappa shape index (κ1) is 11.8. The number of hydrogen-bond donors (Lipinski definition) is 1. The van der Waals surface area contributed by atoms with Crippen LogP contribution in [-0.2, 0) is 4.74 Å². The number of ether oxygens (including phenoxy) is 1. The molecule has 0 amide bonds. The van der Waals surface area contributed by atoms with Crippen molar-refractivity contribution >= 4 is 5.78 Å². The zero-order chi connectivity index (χ0) is 11.3. The third kappa shape index (κ3) is 3.77. The highest BCUT2D eigenvalue weighted by Gasteiger charge is 2.11. The predicted molar refractivity (Wildman–Crippen MR) is 55.2 cm³/mol. The van der Waals surface area contributed by atoms with Crippen molar-refractivity contribution in [3.05, 3.63) is 35.6 Å². The standard InChI is InChI=1S/C11H14FNO2/c1-15-7-10(13)6-11(14)8-2-4-9(12)5-3-8/h2-5,10H,6-7,13H2,1H3. The van der Waals surface area contributed by atoms with Gasteiger partial charge in [-0.2, -0.15) is 0 Å². The Hall–Kier alpha value is -1.26. The van der Waals surface area contributed by atoms with Crippen molar-refractivity contribution in [3.63, 3.8) is 0 Å². The summed E-state index contributed by atoms with van der Waals surface area (Å²) in [6.07, 6.45) is 0.208. The second-order valence-corrected chi connectivity index (χ2v) is 3.35. The van der Waals surface area contributed by atoms with Gasteiger partial charge in [0.25, 0.3) is 0 Å². The molecule has 0 aromatic heterocycles. The fourth-order valence-corrected chi connectivity index (χ4v) is 1.26. The maximum Gasteiger partial charge on any atom is 0.164 e. The van der Waals surface area contributed by atoms with E-state index in [0.29, 0.717) is 12.2 Å². The molecule has 0 aliphatic rings. The minimum atomic E-state index is -0.354. The number of carbonyl (C=O) groups is 1. The molecule has 0 saturated carbocycles. The summed E-state index contributed by atoms with van der Waals surface area (Å²) in [4.78, 5) is 11.6. The Labute approximate surface area is 88.0 Å². The van der Waals surface area contributed by atoms with E-state index in [1.807, 2.05) is 0 Å². The Balaban J connectivity index is 2.57. The van der Waals surface area contributed by atoms with Crippen molar-refractivity contribution in [2.24, 2.45) is 5.73 Å². The van der Waals surface area contributed by atoms with E-state index in [4.69, 9.17) is 10.5 Å². The lowest BCUT2D eigenvalue weighted by atomic mass is 10.0. The van der Waals surface area contributed by atoms with Gasteiger partial charge >= 0.3 is 0 Å². The monoisotopic (exact) mass is 211 g/mol. The molecule has 0 fully saturated rings. The third-order valence-corrected chi connectivity index (χ3v) is 1.99. The van der Waals surface area contributed by atoms with E-state index >= 15 is 0 Å². The second kappa shape index (κ2) is 5.58. The summed E-state index contributed by atoms with van der Waals surface area (Å²) in [5, 5.41) is 0. The van der Waals surface area contributed by atoms with Gasteiger partial charge in [-0.05, 0) is 24.3 Å². The number of rotatable bonds is 5. The third-order valence-electron chi connectivity index (χ3n) is 1.99. The van der Waals surface area contributed by atoms with Gasteiger partial charge in [0.1, 0.15) is 5.82 Å². The molecular formula is C11H14FNO2. The lowest BCUT2D eigenvalue weighted by molar-refractivity contribution is 0.0949. The van der Waals surface area contributed by atoms with E-state index in [-0.39, 0.29) is 24.1 Å². The van der Waals surface area contributed by atoms with Crippen LogP contribution in [0.3, 0.4) is 0 Å². The first-order valence-corrected chi connectivity index (χ1v) is 4.66. The molecule has 3 nitrogen and oxygen atoms in total. The number of ketones is 1. The Kier molecular flexibility index (Phi) is 4.39. The largest absolute Gasteiger partial charge is 0.383 e. The maximum absolute atomic E-state index is 12.6. The molecule has 1 aromatic carbocycles. The number of hydrogen-bond acceptors (Lipinski definition) is 3. The zero-order valence-electron chi connectivity index (χ0n) is 8.57. The molecule has 1 unspecified atom stereocenters. The van der Waals surface area contributed by atoms with Crippen LogP contribution in [0.4, 0.5) is 4.39 Å². The van der Waals surface area contributed by atoms with E-state index in [2.05, 4.69) is 0 Å². The van der Waals surface area contributed by atoms with Gasteiger partial charge in [-0.15, -0.1) is 0 Å². The quantitative estimate of drug-likeness (QED) is 0.748. The van der Waals surface area contributed by atoms with Gasteiger partial charge in [-0.1, -0.05) is 0 Å². The first-order valence-electron chi connectivity index (χ1n) is 4.66. The van der Waals surface area contributed by atoms with Crippen LogP contribution in [0.25, 0.3) is 0 Å². The minimum Gasteiger partial charge on any atom is -0.383 e. The molecule has 1 rings (SSSR count). The summed E-state index contributed by atoms with van der Waals surface area (Å²) >= 11 is 0. The number of benzene rings is 1. The van der Waals surface area contributed by atoms with Gasteiger partial charge in [0.05, 0.1) is 6.61 Å². The molecule has 1 atom stereocenters. The fraction of sp³-hybridized carbons (Fsp3) is 0.364. The molecule has 0 radical (unpaired) electrons. The van der Waals surface area contributed by atoms with Crippen LogP contribution in [0.15, 0.2) is 24.3 Å². The lowest BCUT2D eigenvalue weighted by Crippen LogP contribution is -2.28. The van der Waals surface area contributed by atoms with E-state index in [0.717, 1.165) is 0 Å². The van der Waals surface area contributed by atoms with Gasteiger partial charge in [-0.25, -0.2) is 4.39 Å². The van der Waals surface area contributed by atoms with Crippen LogP contribution in [-0.4, -0.2) is 25.5 Å². The van der Waals surface area contributed by atoms with Crippen LogP contribution in [0.1, 0.15) is 16.8 Å². The van der Waals surface area contributed by atoms with E-state index in [9.17, 15) is 9.18 Å². The highest BCUT2D eigenvalue weighted by molar-refractivity contribution is 5.96. The van der Waals surface area contributed by atoms with E-state index in [1.165, 1.54) is 31.4 Å². The first-order chi connectivity index (χ1) is 7.13. The average molecular weight is 211 g/mol. The molecule has 0 aliphatic heterocycles. The highest BCUT2D eigenvalue weighted by Crippen LogP contribution is 2.06. The van der Waals surface area contributed by atoms with Crippen molar-refractivity contribution in [2.45, 2.75) is 12.5 Å². The van der Waals surface area contributed by atoms with Gasteiger partial charge in [0, 0.05) is 25.1 Å². The molecule has 0 saturated heterocycles. The van der Waals surface area contributed by atoms with Crippen molar-refractivity contribution in [1.29, 1.82) is 0 Å². The SMILES string of the molecule is COCC(N)CC(=O)c1ccc(F)cc1. The van der Waals surface area contributed by atoms with Crippen molar-refractivity contribution in [3.8, 4) is 0 Å². The highest BCUT2D eigenvalue weighted by atomic mass is 19.1. The van der Waals surface area contributed by atoms with Crippen molar-refractivity contribution < 1.29 is 13.9 Å².